The quantitative estimate of drug-likeness (QED) is 0.863. The lowest BCUT2D eigenvalue weighted by Gasteiger charge is -2.22. The first-order chi connectivity index (χ1) is 9.08. The summed E-state index contributed by atoms with van der Waals surface area (Å²) in [6.45, 7) is 2.40. The molecule has 0 spiro atoms. The van der Waals surface area contributed by atoms with Gasteiger partial charge >= 0.3 is 0 Å². The molecular formula is C13H16O5S. The first kappa shape index (κ1) is 14.2. The molecule has 0 saturated carbocycles. The number of ether oxygens (including phenoxy) is 2. The van der Waals surface area contributed by atoms with Gasteiger partial charge in [-0.3, -0.25) is 4.79 Å². The van der Waals surface area contributed by atoms with Crippen LogP contribution < -0.4 is 9.47 Å². The topological polar surface area (TPSA) is 76.0 Å². The molecule has 1 aromatic rings. The van der Waals surface area contributed by atoms with Gasteiger partial charge in [0, 0.05) is 12.7 Å². The van der Waals surface area contributed by atoms with Crippen LogP contribution in [0.1, 0.15) is 18.6 Å². The van der Waals surface area contributed by atoms with Crippen molar-refractivity contribution in [2.75, 3.05) is 19.0 Å². The van der Waals surface area contributed by atoms with Gasteiger partial charge in [-0.2, -0.15) is 0 Å². The van der Waals surface area contributed by atoms with Crippen molar-refractivity contribution >= 4 is 16.9 Å². The summed E-state index contributed by atoms with van der Waals surface area (Å²) in [6.07, 6.45) is -2.06. The highest BCUT2D eigenvalue weighted by Crippen LogP contribution is 2.33. The minimum absolute atomic E-state index is 0.0894. The third kappa shape index (κ3) is 3.62. The smallest absolute Gasteiger partial charge is 0.185 e. The summed E-state index contributed by atoms with van der Waals surface area (Å²) in [7, 11) is 0. The molecule has 1 aromatic carbocycles. The van der Waals surface area contributed by atoms with E-state index in [1.807, 2.05) is 0 Å². The van der Waals surface area contributed by atoms with Gasteiger partial charge in [0.15, 0.2) is 16.6 Å². The largest absolute Gasteiger partial charge is 0.486 e. The number of fused-ring (bicyclic) bond motifs is 1. The number of carbonyl (C=O) groups excluding carboxylic acids is 1. The van der Waals surface area contributed by atoms with Crippen molar-refractivity contribution < 1.29 is 24.5 Å². The fourth-order valence-electron chi connectivity index (χ4n) is 1.76. The fourth-order valence-corrected chi connectivity index (χ4v) is 2.35. The van der Waals surface area contributed by atoms with Crippen LogP contribution in [0.5, 0.6) is 11.5 Å². The molecule has 0 fully saturated rings. The zero-order valence-electron chi connectivity index (χ0n) is 10.5. The standard InChI is InChI=1S/C13H16O5S/c1-8(14)19-7-10(15)13(16)9-2-3-11-12(6-9)18-5-4-17-11/h2-3,6,10,13,15-16H,4-5,7H2,1H3. The van der Waals surface area contributed by atoms with Crippen LogP contribution in [0.15, 0.2) is 18.2 Å². The Hall–Kier alpha value is -1.24. The van der Waals surface area contributed by atoms with Crippen LogP contribution in [0.4, 0.5) is 0 Å². The van der Waals surface area contributed by atoms with Gasteiger partial charge in [0.25, 0.3) is 0 Å². The molecule has 2 atom stereocenters. The Morgan fingerprint density at radius 3 is 2.68 bits per heavy atom. The SMILES string of the molecule is CC(=O)SCC(O)C(O)c1ccc2c(c1)OCCO2. The van der Waals surface area contributed by atoms with Crippen LogP contribution >= 0.6 is 11.8 Å². The molecule has 0 amide bonds. The molecule has 0 bridgehead atoms. The molecular weight excluding hydrogens is 268 g/mol. The van der Waals surface area contributed by atoms with E-state index in [4.69, 9.17) is 9.47 Å². The van der Waals surface area contributed by atoms with Gasteiger partial charge < -0.3 is 19.7 Å². The monoisotopic (exact) mass is 284 g/mol. The van der Waals surface area contributed by atoms with Gasteiger partial charge in [-0.15, -0.1) is 0 Å². The lowest BCUT2D eigenvalue weighted by atomic mass is 10.0. The summed E-state index contributed by atoms with van der Waals surface area (Å²) >= 11 is 0.986. The van der Waals surface area contributed by atoms with Gasteiger partial charge in [-0.05, 0) is 17.7 Å². The Labute approximate surface area is 115 Å². The molecule has 2 N–H and O–H groups in total. The lowest BCUT2D eigenvalue weighted by Crippen LogP contribution is -2.22. The first-order valence-electron chi connectivity index (χ1n) is 5.97. The maximum atomic E-state index is 10.8. The van der Waals surface area contributed by atoms with Crippen molar-refractivity contribution in [3.8, 4) is 11.5 Å². The predicted molar refractivity (Wildman–Crippen MR) is 71.5 cm³/mol. The van der Waals surface area contributed by atoms with Crippen molar-refractivity contribution in [2.45, 2.75) is 19.1 Å². The Morgan fingerprint density at radius 2 is 2.00 bits per heavy atom. The summed E-state index contributed by atoms with van der Waals surface area (Å²) in [5, 5.41) is 19.8. The van der Waals surface area contributed by atoms with Crippen molar-refractivity contribution in [1.29, 1.82) is 0 Å². The minimum Gasteiger partial charge on any atom is -0.486 e. The summed E-state index contributed by atoms with van der Waals surface area (Å²) in [4.78, 5) is 10.8. The minimum atomic E-state index is -1.05. The van der Waals surface area contributed by atoms with E-state index in [0.29, 0.717) is 30.3 Å². The summed E-state index contributed by atoms with van der Waals surface area (Å²) in [6, 6.07) is 5.04. The molecule has 0 radical (unpaired) electrons. The number of hydrogen-bond donors (Lipinski definition) is 2. The molecule has 104 valence electrons. The van der Waals surface area contributed by atoms with E-state index < -0.39 is 12.2 Å². The average Bonchev–Trinajstić information content (AvgIpc) is 2.43. The fraction of sp³-hybridized carbons (Fsp3) is 0.462. The number of aliphatic hydroxyl groups is 2. The predicted octanol–water partition coefficient (Wildman–Crippen LogP) is 1.13. The highest BCUT2D eigenvalue weighted by Gasteiger charge is 2.21. The molecule has 6 heteroatoms. The number of carbonyl (C=O) groups is 1. The third-order valence-electron chi connectivity index (χ3n) is 2.73. The third-order valence-corrected chi connectivity index (χ3v) is 3.64. The molecule has 19 heavy (non-hydrogen) atoms. The highest BCUT2D eigenvalue weighted by molar-refractivity contribution is 8.13. The number of rotatable bonds is 4. The summed E-state index contributed by atoms with van der Waals surface area (Å²) < 4.78 is 10.8. The van der Waals surface area contributed by atoms with Gasteiger partial charge in [0.2, 0.25) is 0 Å². The van der Waals surface area contributed by atoms with Crippen LogP contribution in [0.25, 0.3) is 0 Å². The Morgan fingerprint density at radius 1 is 1.32 bits per heavy atom. The van der Waals surface area contributed by atoms with Gasteiger partial charge in [-0.25, -0.2) is 0 Å². The molecule has 0 saturated heterocycles. The molecule has 1 heterocycles. The molecule has 0 aromatic heterocycles. The zero-order valence-corrected chi connectivity index (χ0v) is 11.4. The number of benzene rings is 1. The summed E-state index contributed by atoms with van der Waals surface area (Å²) in [5.74, 6) is 1.36. The molecule has 1 aliphatic heterocycles. The van der Waals surface area contributed by atoms with Crippen LogP contribution in [-0.2, 0) is 4.79 Å². The van der Waals surface area contributed by atoms with Crippen LogP contribution in [0.3, 0.4) is 0 Å². The average molecular weight is 284 g/mol. The Kier molecular flexibility index (Phi) is 4.68. The van der Waals surface area contributed by atoms with Crippen molar-refractivity contribution in [2.24, 2.45) is 0 Å². The highest BCUT2D eigenvalue weighted by atomic mass is 32.2. The second-order valence-electron chi connectivity index (χ2n) is 4.22. The maximum Gasteiger partial charge on any atom is 0.185 e. The van der Waals surface area contributed by atoms with E-state index in [2.05, 4.69) is 0 Å². The Bertz CT molecular complexity index is 462. The first-order valence-corrected chi connectivity index (χ1v) is 6.95. The van der Waals surface area contributed by atoms with E-state index >= 15 is 0 Å². The van der Waals surface area contributed by atoms with E-state index in [9.17, 15) is 15.0 Å². The molecule has 1 aliphatic rings. The second-order valence-corrected chi connectivity index (χ2v) is 5.41. The zero-order chi connectivity index (χ0) is 13.8. The van der Waals surface area contributed by atoms with Crippen LogP contribution in [0.2, 0.25) is 0 Å². The van der Waals surface area contributed by atoms with Gasteiger partial charge in [0.05, 0.1) is 6.10 Å². The van der Waals surface area contributed by atoms with Crippen molar-refractivity contribution in [3.05, 3.63) is 23.8 Å². The van der Waals surface area contributed by atoms with Crippen LogP contribution in [-0.4, -0.2) is 40.4 Å². The lowest BCUT2D eigenvalue weighted by molar-refractivity contribution is -0.109. The van der Waals surface area contributed by atoms with E-state index in [1.54, 1.807) is 18.2 Å². The van der Waals surface area contributed by atoms with Gasteiger partial charge in [0.1, 0.15) is 19.3 Å². The van der Waals surface area contributed by atoms with Crippen molar-refractivity contribution in [3.63, 3.8) is 0 Å². The molecule has 2 rings (SSSR count). The molecule has 2 unspecified atom stereocenters. The van der Waals surface area contributed by atoms with Gasteiger partial charge in [-0.1, -0.05) is 17.8 Å². The number of hydrogen-bond acceptors (Lipinski definition) is 6. The van der Waals surface area contributed by atoms with Crippen molar-refractivity contribution in [1.82, 2.24) is 0 Å². The molecule has 0 aliphatic carbocycles. The Balaban J connectivity index is 2.06. The van der Waals surface area contributed by atoms with E-state index in [0.717, 1.165) is 11.8 Å². The summed E-state index contributed by atoms with van der Waals surface area (Å²) in [5.41, 5.74) is 0.543. The normalized spacial score (nSPS) is 16.8. The molecule has 5 nitrogen and oxygen atoms in total. The van der Waals surface area contributed by atoms with E-state index in [1.165, 1.54) is 6.92 Å². The number of aliphatic hydroxyl groups excluding tert-OH is 2. The second kappa shape index (κ2) is 6.27. The van der Waals surface area contributed by atoms with E-state index in [-0.39, 0.29) is 10.9 Å². The van der Waals surface area contributed by atoms with Crippen LogP contribution in [0, 0.1) is 0 Å². The maximum absolute atomic E-state index is 10.8. The number of thioether (sulfide) groups is 1.